The lowest BCUT2D eigenvalue weighted by Crippen LogP contribution is -1.97. The van der Waals surface area contributed by atoms with Crippen LogP contribution in [-0.2, 0) is 5.88 Å². The molecular weight excluding hydrogens is 322 g/mol. The third-order valence-electron chi connectivity index (χ3n) is 2.19. The second kappa shape index (κ2) is 5.63. The van der Waals surface area contributed by atoms with Crippen molar-refractivity contribution in [1.82, 2.24) is 9.97 Å². The van der Waals surface area contributed by atoms with Crippen LogP contribution in [0.3, 0.4) is 0 Å². The summed E-state index contributed by atoms with van der Waals surface area (Å²) in [4.78, 5) is 8.17. The van der Waals surface area contributed by atoms with Gasteiger partial charge in [0.25, 0.3) is 0 Å². The number of hydrogen-bond acceptors (Lipinski definition) is 3. The lowest BCUT2D eigenvalue weighted by Gasteiger charge is -2.09. The molecule has 0 radical (unpaired) electrons. The molecule has 6 heteroatoms. The Bertz CT molecular complexity index is 580. The molecule has 3 nitrogen and oxygen atoms in total. The minimum atomic E-state index is -0.397. The highest BCUT2D eigenvalue weighted by Crippen LogP contribution is 2.27. The molecule has 0 aliphatic carbocycles. The fraction of sp³-hybridized carbons (Fsp3) is 0.167. The number of aromatic nitrogens is 2. The topological polar surface area (TPSA) is 35.0 Å². The monoisotopic (exact) mass is 330 g/mol. The highest BCUT2D eigenvalue weighted by Gasteiger charge is 2.09. The second-order valence-electron chi connectivity index (χ2n) is 3.56. The number of aryl methyl sites for hydroxylation is 1. The van der Waals surface area contributed by atoms with Crippen molar-refractivity contribution in [3.63, 3.8) is 0 Å². The fourth-order valence-electron chi connectivity index (χ4n) is 1.31. The Labute approximate surface area is 117 Å². The van der Waals surface area contributed by atoms with Crippen molar-refractivity contribution in [2.45, 2.75) is 12.8 Å². The summed E-state index contributed by atoms with van der Waals surface area (Å²) in [6, 6.07) is 4.49. The van der Waals surface area contributed by atoms with Crippen LogP contribution in [0.5, 0.6) is 11.6 Å². The first kappa shape index (κ1) is 13.2. The number of nitrogens with zero attached hydrogens (tertiary/aromatic N) is 2. The Morgan fingerprint density at radius 3 is 2.89 bits per heavy atom. The Balaban J connectivity index is 2.33. The van der Waals surface area contributed by atoms with Crippen LogP contribution in [0.2, 0.25) is 0 Å². The number of ether oxygens (including phenoxy) is 1. The quantitative estimate of drug-likeness (QED) is 0.790. The van der Waals surface area contributed by atoms with Crippen LogP contribution < -0.4 is 4.74 Å². The van der Waals surface area contributed by atoms with Gasteiger partial charge in [-0.3, -0.25) is 0 Å². The van der Waals surface area contributed by atoms with E-state index in [1.807, 2.05) is 0 Å². The molecule has 0 spiro atoms. The number of rotatable bonds is 3. The van der Waals surface area contributed by atoms with Gasteiger partial charge in [-0.25, -0.2) is 9.37 Å². The normalized spacial score (nSPS) is 10.4. The van der Waals surface area contributed by atoms with Gasteiger partial charge < -0.3 is 4.74 Å². The number of benzene rings is 1. The molecule has 0 unspecified atom stereocenters. The van der Waals surface area contributed by atoms with Crippen molar-refractivity contribution in [2.75, 3.05) is 0 Å². The van der Waals surface area contributed by atoms with E-state index in [0.717, 1.165) is 0 Å². The molecule has 1 aromatic carbocycles. The van der Waals surface area contributed by atoms with Crippen LogP contribution in [-0.4, -0.2) is 9.97 Å². The minimum Gasteiger partial charge on any atom is -0.438 e. The summed E-state index contributed by atoms with van der Waals surface area (Å²) in [5.74, 6) is 1.11. The highest BCUT2D eigenvalue weighted by atomic mass is 79.9. The maximum absolute atomic E-state index is 13.4. The fourth-order valence-corrected chi connectivity index (χ4v) is 1.74. The summed E-state index contributed by atoms with van der Waals surface area (Å²) < 4.78 is 19.3. The molecule has 0 atom stereocenters. The molecule has 2 aromatic rings. The molecule has 1 heterocycles. The van der Waals surface area contributed by atoms with E-state index in [1.54, 1.807) is 25.3 Å². The number of halogens is 3. The van der Waals surface area contributed by atoms with E-state index in [-0.39, 0.29) is 5.88 Å². The van der Waals surface area contributed by atoms with Crippen molar-refractivity contribution in [3.05, 3.63) is 46.1 Å². The van der Waals surface area contributed by atoms with Gasteiger partial charge in [-0.15, -0.1) is 11.6 Å². The first-order chi connectivity index (χ1) is 8.60. The van der Waals surface area contributed by atoms with E-state index in [1.165, 1.54) is 6.07 Å². The number of hydrogen-bond donors (Lipinski definition) is 0. The molecule has 0 amide bonds. The Hall–Kier alpha value is -1.20. The van der Waals surface area contributed by atoms with Crippen LogP contribution in [0.25, 0.3) is 0 Å². The molecule has 18 heavy (non-hydrogen) atoms. The van der Waals surface area contributed by atoms with Crippen molar-refractivity contribution in [1.29, 1.82) is 0 Å². The van der Waals surface area contributed by atoms with E-state index in [4.69, 9.17) is 16.3 Å². The lowest BCUT2D eigenvalue weighted by atomic mass is 10.3. The predicted molar refractivity (Wildman–Crippen MR) is 70.5 cm³/mol. The molecule has 0 aliphatic rings. The van der Waals surface area contributed by atoms with E-state index in [9.17, 15) is 4.39 Å². The van der Waals surface area contributed by atoms with Gasteiger partial charge >= 0.3 is 0 Å². The summed E-state index contributed by atoms with van der Waals surface area (Å²) in [7, 11) is 0. The molecule has 0 fully saturated rings. The van der Waals surface area contributed by atoms with E-state index in [0.29, 0.717) is 27.5 Å². The van der Waals surface area contributed by atoms with Crippen molar-refractivity contribution >= 4 is 27.5 Å². The van der Waals surface area contributed by atoms with Crippen molar-refractivity contribution in [2.24, 2.45) is 0 Å². The van der Waals surface area contributed by atoms with Crippen LogP contribution in [0.15, 0.2) is 28.9 Å². The molecule has 0 saturated carbocycles. The summed E-state index contributed by atoms with van der Waals surface area (Å²) >= 11 is 8.84. The average molecular weight is 332 g/mol. The Morgan fingerprint density at radius 2 is 2.22 bits per heavy atom. The van der Waals surface area contributed by atoms with Gasteiger partial charge in [0.05, 0.1) is 10.4 Å². The van der Waals surface area contributed by atoms with Gasteiger partial charge in [0.2, 0.25) is 5.88 Å². The van der Waals surface area contributed by atoms with Crippen molar-refractivity contribution in [3.8, 4) is 11.6 Å². The van der Waals surface area contributed by atoms with Gasteiger partial charge in [0.15, 0.2) is 0 Å². The molecule has 1 aromatic heterocycles. The molecule has 0 saturated heterocycles. The van der Waals surface area contributed by atoms with Gasteiger partial charge in [0.1, 0.15) is 17.4 Å². The largest absolute Gasteiger partial charge is 0.438 e. The number of alkyl halides is 1. The Kier molecular flexibility index (Phi) is 4.14. The minimum absolute atomic E-state index is 0.231. The maximum Gasteiger partial charge on any atom is 0.226 e. The second-order valence-corrected chi connectivity index (χ2v) is 4.68. The van der Waals surface area contributed by atoms with Crippen LogP contribution >= 0.6 is 27.5 Å². The average Bonchev–Trinajstić information content (AvgIpc) is 2.34. The summed E-state index contributed by atoms with van der Waals surface area (Å²) in [6.07, 6.45) is 1.60. The third kappa shape index (κ3) is 2.97. The third-order valence-corrected chi connectivity index (χ3v) is 3.13. The molecular formula is C12H9BrClFN2O. The van der Waals surface area contributed by atoms with Gasteiger partial charge in [-0.05, 0) is 35.0 Å². The molecule has 0 N–H and O–H groups in total. The van der Waals surface area contributed by atoms with Crippen LogP contribution in [0.4, 0.5) is 4.39 Å². The van der Waals surface area contributed by atoms with Gasteiger partial charge in [-0.1, -0.05) is 0 Å². The lowest BCUT2D eigenvalue weighted by molar-refractivity contribution is 0.450. The zero-order valence-corrected chi connectivity index (χ0v) is 11.8. The molecule has 94 valence electrons. The summed E-state index contributed by atoms with van der Waals surface area (Å²) in [5, 5.41) is 0. The maximum atomic E-state index is 13.4. The SMILES string of the molecule is Cc1ncc(CCl)c(Oc2ccc(Br)c(F)c2)n1. The zero-order chi connectivity index (χ0) is 13.1. The first-order valence-electron chi connectivity index (χ1n) is 5.11. The van der Waals surface area contributed by atoms with Crippen molar-refractivity contribution < 1.29 is 9.13 Å². The first-order valence-corrected chi connectivity index (χ1v) is 6.44. The van der Waals surface area contributed by atoms with E-state index < -0.39 is 5.82 Å². The molecule has 0 bridgehead atoms. The standard InChI is InChI=1S/C12H9BrClFN2O/c1-7-16-6-8(5-14)12(17-7)18-9-2-3-10(13)11(15)4-9/h2-4,6H,5H2,1H3. The highest BCUT2D eigenvalue weighted by molar-refractivity contribution is 9.10. The van der Waals surface area contributed by atoms with Gasteiger partial charge in [-0.2, -0.15) is 4.98 Å². The summed E-state index contributed by atoms with van der Waals surface area (Å²) in [6.45, 7) is 1.74. The summed E-state index contributed by atoms with van der Waals surface area (Å²) in [5.41, 5.74) is 0.658. The van der Waals surface area contributed by atoms with E-state index >= 15 is 0 Å². The predicted octanol–water partition coefficient (Wildman–Crippen LogP) is 4.22. The van der Waals surface area contributed by atoms with Crippen LogP contribution in [0.1, 0.15) is 11.4 Å². The van der Waals surface area contributed by atoms with Crippen LogP contribution in [0, 0.1) is 12.7 Å². The Morgan fingerprint density at radius 1 is 1.44 bits per heavy atom. The molecule has 0 aliphatic heterocycles. The van der Waals surface area contributed by atoms with E-state index in [2.05, 4.69) is 25.9 Å². The smallest absolute Gasteiger partial charge is 0.226 e. The zero-order valence-electron chi connectivity index (χ0n) is 9.45. The van der Waals surface area contributed by atoms with Gasteiger partial charge in [0, 0.05) is 17.8 Å². The molecule has 2 rings (SSSR count).